The molecule has 0 fully saturated rings. The molecule has 0 heterocycles. The van der Waals surface area contributed by atoms with Gasteiger partial charge in [-0.15, -0.1) is 0 Å². The number of benzene rings is 3. The number of rotatable bonds is 9. The van der Waals surface area contributed by atoms with Crippen LogP contribution in [0.4, 0.5) is 0 Å². The van der Waals surface area contributed by atoms with E-state index in [9.17, 15) is 14.4 Å². The second kappa shape index (κ2) is 13.2. The zero-order valence-corrected chi connectivity index (χ0v) is 21.3. The summed E-state index contributed by atoms with van der Waals surface area (Å²) >= 11 is 0. The monoisotopic (exact) mass is 497 g/mol. The van der Waals surface area contributed by atoms with Gasteiger partial charge in [0.05, 0.1) is 0 Å². The molecule has 1 atom stereocenters. The number of carbonyl (C=O) groups is 3. The van der Waals surface area contributed by atoms with Crippen molar-refractivity contribution in [3.05, 3.63) is 107 Å². The van der Waals surface area contributed by atoms with Crippen LogP contribution in [0.15, 0.2) is 78.9 Å². The Balaban J connectivity index is 1.61. The second-order valence-electron chi connectivity index (χ2n) is 8.74. The van der Waals surface area contributed by atoms with Crippen molar-refractivity contribution in [1.29, 1.82) is 0 Å². The average Bonchev–Trinajstić information content (AvgIpc) is 2.92. The van der Waals surface area contributed by atoms with Gasteiger partial charge in [-0.1, -0.05) is 54.3 Å². The lowest BCUT2D eigenvalue weighted by molar-refractivity contribution is -0.135. The fourth-order valence-corrected chi connectivity index (χ4v) is 3.88. The lowest BCUT2D eigenvalue weighted by Crippen LogP contribution is -2.52. The Bertz CT molecular complexity index is 1260. The molecule has 0 spiro atoms. The molecule has 0 radical (unpaired) electrons. The second-order valence-corrected chi connectivity index (χ2v) is 8.74. The summed E-state index contributed by atoms with van der Waals surface area (Å²) in [4.78, 5) is 40.1. The Morgan fingerprint density at radius 2 is 1.32 bits per heavy atom. The number of carbonyl (C=O) groups excluding carboxylic acids is 3. The number of amides is 2. The Kier molecular flexibility index (Phi) is 9.73. The van der Waals surface area contributed by atoms with Crippen LogP contribution in [0.1, 0.15) is 32.6 Å². The molecule has 3 aromatic carbocycles. The van der Waals surface area contributed by atoms with Crippen LogP contribution in [0.5, 0.6) is 0 Å². The SMILES string of the molecule is CNC(=O)C(C(=O)CO)N(C)C(=O)c1ccc(C#Cc2ccc(CN(C)Cc3ccccc3)cc2)cc1. The van der Waals surface area contributed by atoms with Crippen molar-refractivity contribution in [2.24, 2.45) is 0 Å². The van der Waals surface area contributed by atoms with E-state index in [1.54, 1.807) is 24.3 Å². The van der Waals surface area contributed by atoms with Gasteiger partial charge in [-0.25, -0.2) is 0 Å². The molecular formula is C30H31N3O4. The van der Waals surface area contributed by atoms with Crippen molar-refractivity contribution < 1.29 is 19.5 Å². The van der Waals surface area contributed by atoms with Crippen LogP contribution < -0.4 is 5.32 Å². The molecule has 7 heteroatoms. The van der Waals surface area contributed by atoms with Crippen LogP contribution in [0.2, 0.25) is 0 Å². The Morgan fingerprint density at radius 3 is 1.84 bits per heavy atom. The molecule has 3 rings (SSSR count). The molecule has 0 aliphatic rings. The Morgan fingerprint density at radius 1 is 0.811 bits per heavy atom. The minimum atomic E-state index is -1.40. The topological polar surface area (TPSA) is 90.0 Å². The van der Waals surface area contributed by atoms with Crippen LogP contribution in [-0.4, -0.2) is 66.3 Å². The molecule has 1 unspecified atom stereocenters. The van der Waals surface area contributed by atoms with Gasteiger partial charge >= 0.3 is 0 Å². The standard InChI is InChI=1S/C30H31N3O4/c1-31-29(36)28(27(35)21-34)33(3)30(37)26-17-15-23(16-18-26)10-9-22-11-13-25(14-12-22)20-32(2)19-24-7-5-4-6-8-24/h4-8,11-18,28,34H,19-21H2,1-3H3,(H,31,36). The third kappa shape index (κ3) is 7.61. The fourth-order valence-electron chi connectivity index (χ4n) is 3.88. The van der Waals surface area contributed by atoms with E-state index in [2.05, 4.69) is 53.4 Å². The molecule has 0 aliphatic heterocycles. The highest BCUT2D eigenvalue weighted by Crippen LogP contribution is 2.12. The van der Waals surface area contributed by atoms with Gasteiger partial charge in [-0.05, 0) is 54.6 Å². The van der Waals surface area contributed by atoms with Crippen molar-refractivity contribution in [1.82, 2.24) is 15.1 Å². The molecule has 0 saturated heterocycles. The largest absolute Gasteiger partial charge is 0.388 e. The van der Waals surface area contributed by atoms with E-state index in [1.807, 2.05) is 30.3 Å². The predicted molar refractivity (Wildman–Crippen MR) is 143 cm³/mol. The number of nitrogens with zero attached hydrogens (tertiary/aromatic N) is 2. The first-order valence-corrected chi connectivity index (χ1v) is 11.9. The number of Topliss-reactive ketones (excluding diaryl/α,β-unsaturated/α-hetero) is 1. The van der Waals surface area contributed by atoms with Gasteiger partial charge in [0.1, 0.15) is 6.61 Å². The summed E-state index contributed by atoms with van der Waals surface area (Å²) in [5.74, 6) is 4.29. The lowest BCUT2D eigenvalue weighted by atomic mass is 10.1. The minimum absolute atomic E-state index is 0.302. The maximum absolute atomic E-state index is 12.8. The fraction of sp³-hybridized carbons (Fsp3) is 0.233. The van der Waals surface area contributed by atoms with Crippen molar-refractivity contribution in [3.63, 3.8) is 0 Å². The molecule has 0 bridgehead atoms. The molecule has 2 amide bonds. The highest BCUT2D eigenvalue weighted by molar-refractivity contribution is 6.10. The smallest absolute Gasteiger partial charge is 0.254 e. The van der Waals surface area contributed by atoms with Crippen LogP contribution in [-0.2, 0) is 22.7 Å². The van der Waals surface area contributed by atoms with Gasteiger partial charge in [0.2, 0.25) is 5.91 Å². The first-order valence-electron chi connectivity index (χ1n) is 11.9. The van der Waals surface area contributed by atoms with E-state index in [4.69, 9.17) is 5.11 Å². The molecule has 3 aromatic rings. The summed E-state index contributed by atoms with van der Waals surface area (Å²) in [5.41, 5.74) is 4.38. The van der Waals surface area contributed by atoms with E-state index in [0.717, 1.165) is 29.1 Å². The first kappa shape index (κ1) is 27.3. The summed E-state index contributed by atoms with van der Waals surface area (Å²) in [6.45, 7) is 0.869. The molecule has 37 heavy (non-hydrogen) atoms. The third-order valence-electron chi connectivity index (χ3n) is 5.85. The van der Waals surface area contributed by atoms with Gasteiger partial charge in [0.25, 0.3) is 5.91 Å². The lowest BCUT2D eigenvalue weighted by Gasteiger charge is -2.25. The molecule has 0 aliphatic carbocycles. The number of likely N-dealkylation sites (N-methyl/N-ethyl adjacent to an activating group) is 2. The molecule has 2 N–H and O–H groups in total. The Hall–Kier alpha value is -4.25. The molecule has 0 saturated carbocycles. The number of aliphatic hydroxyl groups is 1. The summed E-state index contributed by atoms with van der Waals surface area (Å²) in [6.07, 6.45) is 0. The van der Waals surface area contributed by atoms with Gasteiger partial charge in [-0.2, -0.15) is 0 Å². The normalized spacial score (nSPS) is 11.3. The quantitative estimate of drug-likeness (QED) is 0.350. The van der Waals surface area contributed by atoms with E-state index < -0.39 is 30.2 Å². The number of nitrogens with one attached hydrogen (secondary N) is 1. The van der Waals surface area contributed by atoms with Gasteiger partial charge in [-0.3, -0.25) is 19.3 Å². The molecule has 7 nitrogen and oxygen atoms in total. The van der Waals surface area contributed by atoms with Crippen LogP contribution in [0.25, 0.3) is 0 Å². The van der Waals surface area contributed by atoms with Gasteiger partial charge in [0.15, 0.2) is 11.8 Å². The van der Waals surface area contributed by atoms with E-state index >= 15 is 0 Å². The number of hydrogen-bond donors (Lipinski definition) is 2. The zero-order valence-electron chi connectivity index (χ0n) is 21.3. The molecule has 0 aromatic heterocycles. The van der Waals surface area contributed by atoms with Gasteiger partial charge in [0, 0.05) is 43.9 Å². The maximum Gasteiger partial charge on any atom is 0.254 e. The van der Waals surface area contributed by atoms with Crippen LogP contribution >= 0.6 is 0 Å². The Labute approximate surface area is 217 Å². The summed E-state index contributed by atoms with van der Waals surface area (Å²) < 4.78 is 0. The number of aliphatic hydroxyl groups excluding tert-OH is 1. The van der Waals surface area contributed by atoms with E-state index in [0.29, 0.717) is 5.56 Å². The number of ketones is 1. The maximum atomic E-state index is 12.8. The van der Waals surface area contributed by atoms with Crippen molar-refractivity contribution >= 4 is 17.6 Å². The summed E-state index contributed by atoms with van der Waals surface area (Å²) in [7, 11) is 4.81. The molecular weight excluding hydrogens is 466 g/mol. The highest BCUT2D eigenvalue weighted by Gasteiger charge is 2.32. The summed E-state index contributed by atoms with van der Waals surface area (Å²) in [6, 6.07) is 23.7. The van der Waals surface area contributed by atoms with E-state index in [-0.39, 0.29) is 0 Å². The highest BCUT2D eigenvalue weighted by atomic mass is 16.3. The van der Waals surface area contributed by atoms with Crippen molar-refractivity contribution in [3.8, 4) is 11.8 Å². The average molecular weight is 498 g/mol. The van der Waals surface area contributed by atoms with Crippen LogP contribution in [0.3, 0.4) is 0 Å². The minimum Gasteiger partial charge on any atom is -0.388 e. The zero-order chi connectivity index (χ0) is 26.8. The third-order valence-corrected chi connectivity index (χ3v) is 5.85. The van der Waals surface area contributed by atoms with Gasteiger partial charge < -0.3 is 15.3 Å². The predicted octanol–water partition coefficient (Wildman–Crippen LogP) is 2.47. The van der Waals surface area contributed by atoms with Crippen molar-refractivity contribution in [2.45, 2.75) is 19.1 Å². The number of hydrogen-bond acceptors (Lipinski definition) is 5. The van der Waals surface area contributed by atoms with Crippen molar-refractivity contribution in [2.75, 3.05) is 27.7 Å². The van der Waals surface area contributed by atoms with Crippen LogP contribution in [0, 0.1) is 11.8 Å². The molecule has 190 valence electrons. The first-order chi connectivity index (χ1) is 17.8. The van der Waals surface area contributed by atoms with E-state index in [1.165, 1.54) is 25.2 Å². The summed E-state index contributed by atoms with van der Waals surface area (Å²) in [5, 5.41) is 11.5.